The Bertz CT molecular complexity index is 4.35. The van der Waals surface area contributed by atoms with E-state index in [9.17, 15) is 0 Å². The van der Waals surface area contributed by atoms with Gasteiger partial charge >= 0.3 is 0 Å². The molecule has 0 spiro atoms. The predicted octanol–water partition coefficient (Wildman–Crippen LogP) is -1.89. The van der Waals surface area contributed by atoms with Crippen LogP contribution in [0.15, 0.2) is 0 Å². The third-order valence-corrected chi connectivity index (χ3v) is 0. The summed E-state index contributed by atoms with van der Waals surface area (Å²) in [4.78, 5) is 0. The summed E-state index contributed by atoms with van der Waals surface area (Å²) in [5, 5.41) is 0. The van der Waals surface area contributed by atoms with E-state index in [4.69, 9.17) is 0 Å². The molecule has 63 valence electrons. The SMILES string of the molecule is [Re].[SH-].[SH-].[SH-].[SH-].[SH-].[SH-].[SH-]. The van der Waals surface area contributed by atoms with Crippen molar-refractivity contribution in [3.63, 3.8) is 0 Å². The van der Waals surface area contributed by atoms with E-state index in [2.05, 4.69) is 0 Å². The first-order valence-corrected chi connectivity index (χ1v) is 0. The first kappa shape index (κ1) is 117. The molecule has 0 aliphatic carbocycles. The zero-order valence-corrected chi connectivity index (χ0v) is 12.5. The molecular formula is H7ReS7-7. The second-order valence-corrected chi connectivity index (χ2v) is 0. The summed E-state index contributed by atoms with van der Waals surface area (Å²) in [7, 11) is 0. The van der Waals surface area contributed by atoms with Gasteiger partial charge in [0.1, 0.15) is 0 Å². The zero-order chi connectivity index (χ0) is 0. The third-order valence-electron chi connectivity index (χ3n) is 0. The van der Waals surface area contributed by atoms with Crippen LogP contribution in [0.2, 0.25) is 0 Å². The molecule has 0 saturated heterocycles. The van der Waals surface area contributed by atoms with Crippen molar-refractivity contribution < 1.29 is 20.4 Å². The van der Waals surface area contributed by atoms with E-state index in [1.165, 1.54) is 0 Å². The van der Waals surface area contributed by atoms with Crippen molar-refractivity contribution in [2.45, 2.75) is 0 Å². The van der Waals surface area contributed by atoms with Crippen LogP contribution in [0, 0.1) is 0 Å². The van der Waals surface area contributed by atoms with Crippen LogP contribution in [0.25, 0.3) is 0 Å². The second-order valence-electron chi connectivity index (χ2n) is 0. The molecule has 0 heterocycles. The van der Waals surface area contributed by atoms with Crippen LogP contribution in [-0.4, -0.2) is 0 Å². The minimum atomic E-state index is 0. The van der Waals surface area contributed by atoms with Crippen LogP contribution in [0.5, 0.6) is 0 Å². The van der Waals surface area contributed by atoms with Gasteiger partial charge in [0.25, 0.3) is 0 Å². The summed E-state index contributed by atoms with van der Waals surface area (Å²) >= 11 is 0. The van der Waals surface area contributed by atoms with Crippen LogP contribution in [-0.2, 0) is 115 Å². The van der Waals surface area contributed by atoms with Crippen LogP contribution >= 0.6 is 0 Å². The molecule has 8 heteroatoms. The molecule has 0 rings (SSSR count). The van der Waals surface area contributed by atoms with E-state index in [0.717, 1.165) is 0 Å². The molecule has 0 fully saturated rings. The Hall–Kier alpha value is 3.11. The fourth-order valence-electron chi connectivity index (χ4n) is 0. The molecule has 0 aromatic carbocycles. The van der Waals surface area contributed by atoms with Gasteiger partial charge in [-0.2, -0.15) is 0 Å². The van der Waals surface area contributed by atoms with Gasteiger partial charge in [-0.15, -0.1) is 0 Å². The smallest absolute Gasteiger partial charge is 0 e. The van der Waals surface area contributed by atoms with E-state index in [1.54, 1.807) is 0 Å². The maximum Gasteiger partial charge on any atom is 0 e. The molecular weight excluding hydrogens is 411 g/mol. The van der Waals surface area contributed by atoms with Crippen LogP contribution in [0.1, 0.15) is 0 Å². The number of hydrogen-bond donors (Lipinski definition) is 0. The molecule has 0 aromatic heterocycles. The van der Waals surface area contributed by atoms with Crippen LogP contribution in [0.4, 0.5) is 0 Å². The second kappa shape index (κ2) is 86.7. The van der Waals surface area contributed by atoms with Gasteiger partial charge in [-0.05, 0) is 0 Å². The Morgan fingerprint density at radius 1 is 0.250 bits per heavy atom. The summed E-state index contributed by atoms with van der Waals surface area (Å²) in [5.41, 5.74) is 0. The summed E-state index contributed by atoms with van der Waals surface area (Å²) in [6.45, 7) is 0. The summed E-state index contributed by atoms with van der Waals surface area (Å²) in [6.07, 6.45) is 0. The van der Waals surface area contributed by atoms with Gasteiger partial charge in [-0.1, -0.05) is 0 Å². The Morgan fingerprint density at radius 2 is 0.250 bits per heavy atom. The number of thiol groups is 7. The average molecular weight is 418 g/mol. The molecule has 0 saturated carbocycles. The van der Waals surface area contributed by atoms with Gasteiger partial charge in [0.15, 0.2) is 0 Å². The fourth-order valence-corrected chi connectivity index (χ4v) is 0. The molecule has 0 atom stereocenters. The van der Waals surface area contributed by atoms with Gasteiger partial charge < -0.3 is 94.5 Å². The largest absolute Gasteiger partial charge is 0.813 e. The Morgan fingerprint density at radius 3 is 0.250 bits per heavy atom. The summed E-state index contributed by atoms with van der Waals surface area (Å²) in [6, 6.07) is 0. The molecule has 0 aliphatic heterocycles. The molecule has 0 bridgehead atoms. The van der Waals surface area contributed by atoms with E-state index < -0.39 is 0 Å². The molecule has 0 aromatic rings. The standard InChI is InChI=1S/Re.7H2S/h;7*1H2/p-7. The maximum atomic E-state index is 0. The molecule has 0 amide bonds. The topological polar surface area (TPSA) is 0 Å². The van der Waals surface area contributed by atoms with Crippen molar-refractivity contribution in [1.29, 1.82) is 0 Å². The maximum absolute atomic E-state index is 0. The van der Waals surface area contributed by atoms with Gasteiger partial charge in [0.05, 0.1) is 0 Å². The van der Waals surface area contributed by atoms with Crippen molar-refractivity contribution in [3.05, 3.63) is 0 Å². The van der Waals surface area contributed by atoms with E-state index in [-0.39, 0.29) is 115 Å². The van der Waals surface area contributed by atoms with E-state index in [0.29, 0.717) is 0 Å². The van der Waals surface area contributed by atoms with Crippen molar-refractivity contribution in [2.75, 3.05) is 0 Å². The van der Waals surface area contributed by atoms with Crippen LogP contribution in [0.3, 0.4) is 0 Å². The van der Waals surface area contributed by atoms with Crippen molar-refractivity contribution in [2.24, 2.45) is 0 Å². The van der Waals surface area contributed by atoms with Crippen molar-refractivity contribution >= 4 is 94.5 Å². The molecule has 0 N–H and O–H groups in total. The fraction of sp³-hybridized carbons (Fsp3) is 0. The first-order chi connectivity index (χ1) is 0. The molecule has 0 aliphatic rings. The summed E-state index contributed by atoms with van der Waals surface area (Å²) in [5.74, 6) is 0. The van der Waals surface area contributed by atoms with Gasteiger partial charge in [-0.25, -0.2) is 0 Å². The molecule has 0 unspecified atom stereocenters. The number of rotatable bonds is 0. The van der Waals surface area contributed by atoms with E-state index in [1.807, 2.05) is 0 Å². The molecule has 0 nitrogen and oxygen atoms in total. The Kier molecular flexibility index (Phi) is 1270. The van der Waals surface area contributed by atoms with Gasteiger partial charge in [0, 0.05) is 20.4 Å². The average Bonchev–Trinajstić information content (AvgIpc) is 0. The van der Waals surface area contributed by atoms with E-state index >= 15 is 0 Å². The van der Waals surface area contributed by atoms with Crippen molar-refractivity contribution in [3.8, 4) is 0 Å². The van der Waals surface area contributed by atoms with Gasteiger partial charge in [0.2, 0.25) is 0 Å². The molecule has 1 radical (unpaired) electrons. The first-order valence-electron chi connectivity index (χ1n) is 0. The number of hydrogen-bond acceptors (Lipinski definition) is 7. The minimum Gasteiger partial charge on any atom is -0.813 e. The minimum absolute atomic E-state index is 0. The van der Waals surface area contributed by atoms with Gasteiger partial charge in [-0.3, -0.25) is 0 Å². The Balaban J connectivity index is 0. The van der Waals surface area contributed by atoms with Crippen molar-refractivity contribution in [1.82, 2.24) is 0 Å². The zero-order valence-electron chi connectivity index (χ0n) is 3.51. The monoisotopic (exact) mass is 418 g/mol. The van der Waals surface area contributed by atoms with Crippen LogP contribution < -0.4 is 0 Å². The normalized spacial score (nSPS) is 0. The predicted molar refractivity (Wildman–Crippen MR) is 61.3 cm³/mol. The Labute approximate surface area is 113 Å². The summed E-state index contributed by atoms with van der Waals surface area (Å²) < 4.78 is 0. The third kappa shape index (κ3) is 61.9. The molecule has 8 heavy (non-hydrogen) atoms. The quantitative estimate of drug-likeness (QED) is 0.330.